The molecule has 2 atom stereocenters. The van der Waals surface area contributed by atoms with Crippen molar-refractivity contribution in [2.75, 3.05) is 12.8 Å². The van der Waals surface area contributed by atoms with E-state index in [-0.39, 0.29) is 17.7 Å². The Balaban J connectivity index is 2.58. The Hall–Kier alpha value is -0.820. The standard InChI is InChI=1S/C16H31NO5S/c1-12(22-23(7,19)20)8-9-13-10-16(5,6)17(11-13)14(18)21-15(2,3)4/h12-13H,8-11H2,1-7H3. The summed E-state index contributed by atoms with van der Waals surface area (Å²) in [6.07, 6.45) is 2.77. The van der Waals surface area contributed by atoms with Crippen LogP contribution in [-0.2, 0) is 19.0 Å². The van der Waals surface area contributed by atoms with E-state index >= 15 is 0 Å². The van der Waals surface area contributed by atoms with E-state index in [2.05, 4.69) is 0 Å². The lowest BCUT2D eigenvalue weighted by Crippen LogP contribution is -2.45. The first-order valence-electron chi connectivity index (χ1n) is 8.08. The lowest BCUT2D eigenvalue weighted by molar-refractivity contribution is 0.0130. The molecule has 1 saturated heterocycles. The molecular formula is C16H31NO5S. The smallest absolute Gasteiger partial charge is 0.410 e. The summed E-state index contributed by atoms with van der Waals surface area (Å²) < 4.78 is 32.7. The first kappa shape index (κ1) is 20.2. The van der Waals surface area contributed by atoms with Crippen LogP contribution in [0.4, 0.5) is 4.79 Å². The Morgan fingerprint density at radius 2 is 1.91 bits per heavy atom. The fraction of sp³-hybridized carbons (Fsp3) is 0.938. The second kappa shape index (κ2) is 6.97. The van der Waals surface area contributed by atoms with Gasteiger partial charge >= 0.3 is 6.09 Å². The van der Waals surface area contributed by atoms with Crippen LogP contribution in [0.25, 0.3) is 0 Å². The van der Waals surface area contributed by atoms with Gasteiger partial charge in [-0.1, -0.05) is 0 Å². The normalized spacial score (nSPS) is 22.9. The first-order valence-corrected chi connectivity index (χ1v) is 9.90. The van der Waals surface area contributed by atoms with Crippen molar-refractivity contribution in [3.8, 4) is 0 Å². The van der Waals surface area contributed by atoms with E-state index in [1.54, 1.807) is 11.8 Å². The molecule has 0 aromatic rings. The van der Waals surface area contributed by atoms with Crippen molar-refractivity contribution < 1.29 is 22.1 Å². The zero-order valence-corrected chi connectivity index (χ0v) is 16.2. The van der Waals surface area contributed by atoms with Crippen LogP contribution >= 0.6 is 0 Å². The van der Waals surface area contributed by atoms with Gasteiger partial charge in [-0.15, -0.1) is 0 Å². The van der Waals surface area contributed by atoms with E-state index < -0.39 is 15.7 Å². The number of carbonyl (C=O) groups excluding carboxylic acids is 1. The molecule has 0 radical (unpaired) electrons. The summed E-state index contributed by atoms with van der Waals surface area (Å²) in [5.41, 5.74) is -0.767. The van der Waals surface area contributed by atoms with Crippen molar-refractivity contribution >= 4 is 16.2 Å². The fourth-order valence-electron chi connectivity index (χ4n) is 3.04. The molecular weight excluding hydrogens is 318 g/mol. The van der Waals surface area contributed by atoms with Crippen molar-refractivity contribution in [2.24, 2.45) is 5.92 Å². The molecule has 1 fully saturated rings. The second-order valence-corrected chi connectivity index (χ2v) is 9.76. The maximum atomic E-state index is 12.3. The summed E-state index contributed by atoms with van der Waals surface area (Å²) in [6.45, 7) is 12.0. The lowest BCUT2D eigenvalue weighted by Gasteiger charge is -2.33. The monoisotopic (exact) mass is 349 g/mol. The maximum absolute atomic E-state index is 12.3. The molecule has 7 heteroatoms. The number of carbonyl (C=O) groups is 1. The van der Waals surface area contributed by atoms with Gasteiger partial charge in [0.2, 0.25) is 0 Å². The predicted molar refractivity (Wildman–Crippen MR) is 89.8 cm³/mol. The Morgan fingerprint density at radius 3 is 2.39 bits per heavy atom. The Morgan fingerprint density at radius 1 is 1.35 bits per heavy atom. The molecule has 1 heterocycles. The molecule has 1 amide bonds. The van der Waals surface area contributed by atoms with Gasteiger partial charge in [0.05, 0.1) is 12.4 Å². The Labute approximate surface area is 140 Å². The van der Waals surface area contributed by atoms with Crippen molar-refractivity contribution in [3.05, 3.63) is 0 Å². The highest BCUT2D eigenvalue weighted by Gasteiger charge is 2.42. The minimum absolute atomic E-state index is 0.256. The largest absolute Gasteiger partial charge is 0.444 e. The molecule has 136 valence electrons. The highest BCUT2D eigenvalue weighted by atomic mass is 32.2. The first-order chi connectivity index (χ1) is 10.2. The average Bonchev–Trinajstić information content (AvgIpc) is 2.57. The third-order valence-corrected chi connectivity index (χ3v) is 4.57. The number of amides is 1. The SMILES string of the molecule is CC(CCC1CN(C(=O)OC(C)(C)C)C(C)(C)C1)OS(C)(=O)=O. The topological polar surface area (TPSA) is 72.9 Å². The van der Waals surface area contributed by atoms with Gasteiger partial charge in [0.15, 0.2) is 0 Å². The van der Waals surface area contributed by atoms with Gasteiger partial charge in [-0.2, -0.15) is 8.42 Å². The summed E-state index contributed by atoms with van der Waals surface area (Å²) >= 11 is 0. The van der Waals surface area contributed by atoms with Gasteiger partial charge in [-0.25, -0.2) is 4.79 Å². The van der Waals surface area contributed by atoms with Crippen LogP contribution in [0.1, 0.15) is 60.8 Å². The molecule has 0 N–H and O–H groups in total. The number of hydrogen-bond donors (Lipinski definition) is 0. The van der Waals surface area contributed by atoms with Crippen LogP contribution in [-0.4, -0.2) is 49.5 Å². The quantitative estimate of drug-likeness (QED) is 0.713. The molecule has 1 aliphatic rings. The molecule has 0 spiro atoms. The molecule has 0 aromatic heterocycles. The van der Waals surface area contributed by atoms with Gasteiger partial charge in [-0.3, -0.25) is 4.18 Å². The highest BCUT2D eigenvalue weighted by Crippen LogP contribution is 2.36. The van der Waals surface area contributed by atoms with Gasteiger partial charge < -0.3 is 9.64 Å². The molecule has 6 nitrogen and oxygen atoms in total. The number of ether oxygens (including phenoxy) is 1. The predicted octanol–water partition coefficient (Wildman–Crippen LogP) is 3.17. The molecule has 0 aromatic carbocycles. The minimum atomic E-state index is -3.42. The van der Waals surface area contributed by atoms with E-state index in [0.717, 1.165) is 19.1 Å². The van der Waals surface area contributed by atoms with Gasteiger partial charge in [-0.05, 0) is 66.7 Å². The third-order valence-electron chi connectivity index (χ3n) is 3.89. The van der Waals surface area contributed by atoms with Crippen molar-refractivity contribution in [3.63, 3.8) is 0 Å². The summed E-state index contributed by atoms with van der Waals surface area (Å²) in [7, 11) is -3.42. The maximum Gasteiger partial charge on any atom is 0.410 e. The van der Waals surface area contributed by atoms with E-state index in [4.69, 9.17) is 8.92 Å². The third kappa shape index (κ3) is 7.08. The molecule has 1 aliphatic heterocycles. The molecule has 0 bridgehead atoms. The highest BCUT2D eigenvalue weighted by molar-refractivity contribution is 7.86. The second-order valence-electron chi connectivity index (χ2n) is 8.16. The van der Waals surface area contributed by atoms with Crippen LogP contribution in [0, 0.1) is 5.92 Å². The molecule has 23 heavy (non-hydrogen) atoms. The van der Waals surface area contributed by atoms with Crippen molar-refractivity contribution in [2.45, 2.75) is 78.0 Å². The van der Waals surface area contributed by atoms with E-state index in [1.807, 2.05) is 34.6 Å². The van der Waals surface area contributed by atoms with Crippen LogP contribution in [0.5, 0.6) is 0 Å². The summed E-state index contributed by atoms with van der Waals surface area (Å²) in [6, 6.07) is 0. The summed E-state index contributed by atoms with van der Waals surface area (Å²) in [5, 5.41) is 0. The lowest BCUT2D eigenvalue weighted by atomic mass is 9.93. The fourth-order valence-corrected chi connectivity index (χ4v) is 3.73. The Bertz CT molecular complexity index is 521. The number of rotatable bonds is 5. The molecule has 1 rings (SSSR count). The van der Waals surface area contributed by atoms with Crippen LogP contribution < -0.4 is 0 Å². The summed E-state index contributed by atoms with van der Waals surface area (Å²) in [4.78, 5) is 14.1. The van der Waals surface area contributed by atoms with Gasteiger partial charge in [0.25, 0.3) is 10.1 Å². The van der Waals surface area contributed by atoms with Crippen LogP contribution in [0.15, 0.2) is 0 Å². The van der Waals surface area contributed by atoms with E-state index in [1.165, 1.54) is 0 Å². The van der Waals surface area contributed by atoms with Gasteiger partial charge in [0, 0.05) is 12.1 Å². The molecule has 2 unspecified atom stereocenters. The molecule has 0 saturated carbocycles. The van der Waals surface area contributed by atoms with Crippen LogP contribution in [0.3, 0.4) is 0 Å². The average molecular weight is 349 g/mol. The number of nitrogens with zero attached hydrogens (tertiary/aromatic N) is 1. The van der Waals surface area contributed by atoms with Crippen molar-refractivity contribution in [1.82, 2.24) is 4.90 Å². The number of likely N-dealkylation sites (tertiary alicyclic amines) is 1. The van der Waals surface area contributed by atoms with Crippen molar-refractivity contribution in [1.29, 1.82) is 0 Å². The summed E-state index contributed by atoms with van der Waals surface area (Å²) in [5.74, 6) is 0.322. The van der Waals surface area contributed by atoms with E-state index in [0.29, 0.717) is 18.9 Å². The number of hydrogen-bond acceptors (Lipinski definition) is 5. The zero-order valence-electron chi connectivity index (χ0n) is 15.4. The Kier molecular flexibility index (Phi) is 6.13. The van der Waals surface area contributed by atoms with Gasteiger partial charge in [0.1, 0.15) is 5.60 Å². The molecule has 0 aliphatic carbocycles. The minimum Gasteiger partial charge on any atom is -0.444 e. The van der Waals surface area contributed by atoms with E-state index in [9.17, 15) is 13.2 Å². The van der Waals surface area contributed by atoms with Crippen LogP contribution in [0.2, 0.25) is 0 Å². The zero-order chi connectivity index (χ0) is 18.1.